The third-order valence-electron chi connectivity index (χ3n) is 4.95. The number of aromatic nitrogens is 6. The summed E-state index contributed by atoms with van der Waals surface area (Å²) in [4.78, 5) is 2.25. The van der Waals surface area contributed by atoms with Crippen molar-refractivity contribution in [2.24, 2.45) is 13.0 Å². The second-order valence-corrected chi connectivity index (χ2v) is 6.08. The van der Waals surface area contributed by atoms with Crippen LogP contribution >= 0.6 is 0 Å². The number of hydrogen-bond donors (Lipinski definition) is 0. The summed E-state index contributed by atoms with van der Waals surface area (Å²) in [6.07, 6.45) is 4.31. The molecule has 0 amide bonds. The first-order valence-corrected chi connectivity index (χ1v) is 7.53. The van der Waals surface area contributed by atoms with E-state index < -0.39 is 0 Å². The Labute approximate surface area is 122 Å². The molecule has 0 bridgehead atoms. The van der Waals surface area contributed by atoms with Crippen molar-refractivity contribution in [3.63, 3.8) is 0 Å². The molecule has 0 aromatic carbocycles. The summed E-state index contributed by atoms with van der Waals surface area (Å²) in [6.45, 7) is 3.85. The maximum atomic E-state index is 5.91. The van der Waals surface area contributed by atoms with Crippen molar-refractivity contribution >= 4 is 5.95 Å². The van der Waals surface area contributed by atoms with Crippen molar-refractivity contribution in [3.8, 4) is 0 Å². The summed E-state index contributed by atoms with van der Waals surface area (Å²) < 4.78 is 7.63. The third kappa shape index (κ3) is 1.77. The molecular formula is C13H19N7O. The minimum atomic E-state index is -0.0215. The minimum Gasteiger partial charge on any atom is -0.425 e. The number of rotatable bonds is 3. The largest absolute Gasteiger partial charge is 0.425 e. The lowest BCUT2D eigenvalue weighted by molar-refractivity contribution is 0.297. The van der Waals surface area contributed by atoms with Crippen LogP contribution in [0.15, 0.2) is 4.42 Å². The number of aryl methyl sites for hydroxylation is 2. The summed E-state index contributed by atoms with van der Waals surface area (Å²) in [5, 5.41) is 20.3. The van der Waals surface area contributed by atoms with Gasteiger partial charge in [0.2, 0.25) is 17.7 Å². The topological polar surface area (TPSA) is 85.8 Å². The predicted octanol–water partition coefficient (Wildman–Crippen LogP) is 0.714. The average molecular weight is 289 g/mol. The quantitative estimate of drug-likeness (QED) is 0.822. The molecule has 1 saturated heterocycles. The van der Waals surface area contributed by atoms with Crippen LogP contribution in [0.25, 0.3) is 0 Å². The van der Waals surface area contributed by atoms with E-state index in [1.165, 1.54) is 12.8 Å². The van der Waals surface area contributed by atoms with Gasteiger partial charge in [-0.25, -0.2) is 4.68 Å². The highest BCUT2D eigenvalue weighted by Crippen LogP contribution is 2.50. The van der Waals surface area contributed by atoms with E-state index in [0.29, 0.717) is 5.92 Å². The first-order valence-electron chi connectivity index (χ1n) is 7.53. The summed E-state index contributed by atoms with van der Waals surface area (Å²) in [5.41, 5.74) is -0.0215. The molecule has 2 aromatic heterocycles. The van der Waals surface area contributed by atoms with Crippen LogP contribution in [0.2, 0.25) is 0 Å². The monoisotopic (exact) mass is 289 g/mol. The number of fused-ring (bicyclic) bond motifs is 1. The molecule has 1 saturated carbocycles. The summed E-state index contributed by atoms with van der Waals surface area (Å²) in [6, 6.07) is 0. The Bertz CT molecular complexity index is 650. The van der Waals surface area contributed by atoms with Crippen LogP contribution in [0.3, 0.4) is 0 Å². The van der Waals surface area contributed by atoms with Crippen LogP contribution in [0, 0.1) is 5.92 Å². The number of hydrogen-bond acceptors (Lipinski definition) is 7. The highest BCUT2D eigenvalue weighted by Gasteiger charge is 2.54. The zero-order valence-electron chi connectivity index (χ0n) is 12.4. The van der Waals surface area contributed by atoms with Crippen LogP contribution in [0.5, 0.6) is 0 Å². The number of nitrogens with zero attached hydrogens (tertiary/aromatic N) is 7. The summed E-state index contributed by atoms with van der Waals surface area (Å²) in [5.74, 6) is 2.89. The lowest BCUT2D eigenvalue weighted by Crippen LogP contribution is -2.33. The Kier molecular flexibility index (Phi) is 2.73. The van der Waals surface area contributed by atoms with Crippen LogP contribution in [0.4, 0.5) is 5.95 Å². The van der Waals surface area contributed by atoms with Crippen molar-refractivity contribution in [2.45, 2.75) is 38.0 Å². The Hall–Kier alpha value is -1.99. The number of tetrazole rings is 1. The second-order valence-electron chi connectivity index (χ2n) is 6.08. The maximum Gasteiger partial charge on any atom is 0.245 e. The molecular weight excluding hydrogens is 270 g/mol. The Balaban J connectivity index is 1.69. The van der Waals surface area contributed by atoms with Gasteiger partial charge >= 0.3 is 0 Å². The van der Waals surface area contributed by atoms with Gasteiger partial charge in [0.05, 0.1) is 5.41 Å². The molecule has 2 fully saturated rings. The second kappa shape index (κ2) is 4.51. The highest BCUT2D eigenvalue weighted by atomic mass is 16.4. The van der Waals surface area contributed by atoms with Crippen LogP contribution < -0.4 is 4.90 Å². The highest BCUT2D eigenvalue weighted by molar-refractivity contribution is 5.36. The van der Waals surface area contributed by atoms with Crippen molar-refractivity contribution in [1.29, 1.82) is 0 Å². The molecule has 2 atom stereocenters. The molecule has 0 radical (unpaired) electrons. The van der Waals surface area contributed by atoms with Gasteiger partial charge in [-0.3, -0.25) is 0 Å². The Morgan fingerprint density at radius 2 is 2.24 bits per heavy atom. The standard InChI is InChI=1S/C13H19N7O/c1-3-10-14-15-11(21-10)13-6-4-5-9(13)7-20(8-13)12-16-17-18-19(12)2/h9H,3-8H2,1-2H3/t9-,13-/m0/s1. The SMILES string of the molecule is CCc1nnc([C@]23CCC[C@H]2CN(c2nnnn2C)C3)o1. The van der Waals surface area contributed by atoms with E-state index in [1.807, 2.05) is 14.0 Å². The third-order valence-corrected chi connectivity index (χ3v) is 4.95. The van der Waals surface area contributed by atoms with Gasteiger partial charge in [0.25, 0.3) is 0 Å². The Morgan fingerprint density at radius 3 is 2.95 bits per heavy atom. The smallest absolute Gasteiger partial charge is 0.245 e. The molecule has 0 N–H and O–H groups in total. The first kappa shape index (κ1) is 12.7. The molecule has 3 heterocycles. The maximum absolute atomic E-state index is 5.91. The molecule has 1 aliphatic heterocycles. The van der Waals surface area contributed by atoms with Crippen LogP contribution in [-0.4, -0.2) is 43.5 Å². The lowest BCUT2D eigenvalue weighted by atomic mass is 9.80. The molecule has 1 aliphatic carbocycles. The molecule has 4 rings (SSSR count). The van der Waals surface area contributed by atoms with E-state index in [0.717, 1.165) is 43.7 Å². The van der Waals surface area contributed by atoms with Gasteiger partial charge in [-0.1, -0.05) is 18.4 Å². The van der Waals surface area contributed by atoms with Gasteiger partial charge in [0.15, 0.2) is 0 Å². The molecule has 0 spiro atoms. The van der Waals surface area contributed by atoms with Gasteiger partial charge in [-0.05, 0) is 29.2 Å². The average Bonchev–Trinajstić information content (AvgIpc) is 3.19. The Morgan fingerprint density at radius 1 is 1.33 bits per heavy atom. The predicted molar refractivity (Wildman–Crippen MR) is 73.7 cm³/mol. The fourth-order valence-corrected chi connectivity index (χ4v) is 3.88. The minimum absolute atomic E-state index is 0.0215. The molecule has 112 valence electrons. The van der Waals surface area contributed by atoms with Crippen molar-refractivity contribution < 1.29 is 4.42 Å². The van der Waals surface area contributed by atoms with E-state index in [9.17, 15) is 0 Å². The van der Waals surface area contributed by atoms with Gasteiger partial charge < -0.3 is 9.32 Å². The zero-order chi connectivity index (χ0) is 14.4. The number of anilines is 1. The molecule has 0 unspecified atom stereocenters. The fraction of sp³-hybridized carbons (Fsp3) is 0.769. The van der Waals surface area contributed by atoms with Gasteiger partial charge in [0, 0.05) is 26.6 Å². The van der Waals surface area contributed by atoms with E-state index >= 15 is 0 Å². The van der Waals surface area contributed by atoms with Crippen LogP contribution in [0.1, 0.15) is 38.0 Å². The van der Waals surface area contributed by atoms with E-state index in [4.69, 9.17) is 4.42 Å². The normalized spacial score (nSPS) is 28.3. The van der Waals surface area contributed by atoms with Crippen molar-refractivity contribution in [1.82, 2.24) is 30.4 Å². The van der Waals surface area contributed by atoms with E-state index in [1.54, 1.807) is 4.68 Å². The summed E-state index contributed by atoms with van der Waals surface area (Å²) in [7, 11) is 1.87. The first-order chi connectivity index (χ1) is 10.2. The molecule has 21 heavy (non-hydrogen) atoms. The lowest BCUT2D eigenvalue weighted by Gasteiger charge is -2.24. The van der Waals surface area contributed by atoms with Crippen LogP contribution in [-0.2, 0) is 18.9 Å². The molecule has 8 nitrogen and oxygen atoms in total. The van der Waals surface area contributed by atoms with E-state index in [-0.39, 0.29) is 5.41 Å². The van der Waals surface area contributed by atoms with Crippen molar-refractivity contribution in [2.75, 3.05) is 18.0 Å². The fourth-order valence-electron chi connectivity index (χ4n) is 3.88. The van der Waals surface area contributed by atoms with Gasteiger partial charge in [0.1, 0.15) is 0 Å². The van der Waals surface area contributed by atoms with Crippen molar-refractivity contribution in [3.05, 3.63) is 11.8 Å². The molecule has 2 aliphatic rings. The van der Waals surface area contributed by atoms with Gasteiger partial charge in [-0.15, -0.1) is 10.2 Å². The summed E-state index contributed by atoms with van der Waals surface area (Å²) >= 11 is 0. The zero-order valence-corrected chi connectivity index (χ0v) is 12.4. The molecule has 2 aromatic rings. The molecule has 8 heteroatoms. The van der Waals surface area contributed by atoms with Gasteiger partial charge in [-0.2, -0.15) is 0 Å². The van der Waals surface area contributed by atoms with E-state index in [2.05, 4.69) is 30.6 Å².